The minimum Gasteiger partial charge on any atom is -0.326 e. The largest absolute Gasteiger partial charge is 0.326 e. The van der Waals surface area contributed by atoms with Gasteiger partial charge in [0.25, 0.3) is 5.91 Å². The summed E-state index contributed by atoms with van der Waals surface area (Å²) >= 11 is 0. The predicted molar refractivity (Wildman–Crippen MR) is 96.3 cm³/mol. The van der Waals surface area contributed by atoms with Crippen LogP contribution in [0.1, 0.15) is 24.2 Å². The lowest BCUT2D eigenvalue weighted by molar-refractivity contribution is -0.113. The molecular formula is C18H17N7O. The Morgan fingerprint density at radius 3 is 2.73 bits per heavy atom. The number of anilines is 2. The third-order valence-electron chi connectivity index (χ3n) is 4.32. The fourth-order valence-electron chi connectivity index (χ4n) is 3.02. The highest BCUT2D eigenvalue weighted by Crippen LogP contribution is 2.33. The molecule has 4 rings (SSSR count). The Bertz CT molecular complexity index is 994. The highest BCUT2D eigenvalue weighted by atomic mass is 16.1. The standard InChI is InChI=1S/C18H17N7O/c1-11-7-3-4-8-13(11)21-17(26)15-12(2)20-18-22-23-24-25(18)16(15)14-9-5-6-10-19-14/h3-10,16H,1-2H3,(H,21,26)(H,20,22,24)/t16-/m1/s1. The van der Waals surface area contributed by atoms with Gasteiger partial charge in [-0.25, -0.2) is 0 Å². The Hall–Kier alpha value is -3.55. The Morgan fingerprint density at radius 2 is 1.96 bits per heavy atom. The number of benzene rings is 1. The highest BCUT2D eigenvalue weighted by Gasteiger charge is 2.34. The van der Waals surface area contributed by atoms with Gasteiger partial charge in [-0.15, -0.1) is 0 Å². The summed E-state index contributed by atoms with van der Waals surface area (Å²) in [6.07, 6.45) is 1.69. The lowest BCUT2D eigenvalue weighted by Gasteiger charge is -2.27. The molecule has 1 amide bonds. The van der Waals surface area contributed by atoms with Crippen molar-refractivity contribution in [3.8, 4) is 0 Å². The van der Waals surface area contributed by atoms with Crippen LogP contribution in [0.4, 0.5) is 11.6 Å². The highest BCUT2D eigenvalue weighted by molar-refractivity contribution is 6.06. The minimum atomic E-state index is -0.508. The predicted octanol–water partition coefficient (Wildman–Crippen LogP) is 2.30. The van der Waals surface area contributed by atoms with Crippen LogP contribution < -0.4 is 10.6 Å². The molecule has 8 heteroatoms. The molecule has 1 atom stereocenters. The van der Waals surface area contributed by atoms with Crippen LogP contribution in [0.5, 0.6) is 0 Å². The number of carbonyl (C=O) groups excluding carboxylic acids is 1. The average Bonchev–Trinajstić information content (AvgIpc) is 3.11. The molecule has 1 aliphatic heterocycles. The molecule has 2 N–H and O–H groups in total. The number of nitrogens with one attached hydrogen (secondary N) is 2. The molecule has 0 spiro atoms. The number of aromatic nitrogens is 5. The number of carbonyl (C=O) groups is 1. The second kappa shape index (κ2) is 6.40. The van der Waals surface area contributed by atoms with E-state index in [-0.39, 0.29) is 5.91 Å². The second-order valence-electron chi connectivity index (χ2n) is 6.04. The molecule has 130 valence electrons. The zero-order valence-corrected chi connectivity index (χ0v) is 14.3. The van der Waals surface area contributed by atoms with E-state index in [4.69, 9.17) is 0 Å². The van der Waals surface area contributed by atoms with Crippen molar-refractivity contribution in [2.75, 3.05) is 10.6 Å². The Balaban J connectivity index is 1.77. The van der Waals surface area contributed by atoms with Crippen molar-refractivity contribution in [1.29, 1.82) is 0 Å². The van der Waals surface area contributed by atoms with E-state index in [1.165, 1.54) is 0 Å². The van der Waals surface area contributed by atoms with E-state index in [1.807, 2.05) is 56.3 Å². The number of nitrogens with zero attached hydrogens (tertiary/aromatic N) is 5. The van der Waals surface area contributed by atoms with E-state index in [1.54, 1.807) is 10.9 Å². The van der Waals surface area contributed by atoms with Gasteiger partial charge in [0.2, 0.25) is 5.95 Å². The molecule has 0 bridgehead atoms. The maximum atomic E-state index is 13.1. The van der Waals surface area contributed by atoms with Crippen LogP contribution in [0.15, 0.2) is 59.9 Å². The zero-order chi connectivity index (χ0) is 18.1. The number of tetrazole rings is 1. The molecule has 0 unspecified atom stereocenters. The summed E-state index contributed by atoms with van der Waals surface area (Å²) in [7, 11) is 0. The van der Waals surface area contributed by atoms with Crippen molar-refractivity contribution in [1.82, 2.24) is 25.2 Å². The summed E-state index contributed by atoms with van der Waals surface area (Å²) in [5.74, 6) is 0.256. The number of fused-ring (bicyclic) bond motifs is 1. The molecule has 3 aromatic rings. The molecule has 8 nitrogen and oxygen atoms in total. The summed E-state index contributed by atoms with van der Waals surface area (Å²) in [5.41, 5.74) is 3.65. The fourth-order valence-corrected chi connectivity index (χ4v) is 3.02. The lowest BCUT2D eigenvalue weighted by atomic mass is 9.98. The van der Waals surface area contributed by atoms with Crippen molar-refractivity contribution in [3.05, 3.63) is 71.2 Å². The van der Waals surface area contributed by atoms with Crippen LogP contribution in [0.25, 0.3) is 0 Å². The van der Waals surface area contributed by atoms with Gasteiger partial charge in [0.05, 0.1) is 11.3 Å². The van der Waals surface area contributed by atoms with Gasteiger partial charge < -0.3 is 10.6 Å². The van der Waals surface area contributed by atoms with Crippen molar-refractivity contribution in [2.24, 2.45) is 0 Å². The van der Waals surface area contributed by atoms with Gasteiger partial charge in [0, 0.05) is 17.6 Å². The van der Waals surface area contributed by atoms with Crippen molar-refractivity contribution < 1.29 is 4.79 Å². The van der Waals surface area contributed by atoms with Crippen LogP contribution in [0.2, 0.25) is 0 Å². The molecule has 0 radical (unpaired) electrons. The molecule has 0 saturated heterocycles. The molecule has 0 fully saturated rings. The second-order valence-corrected chi connectivity index (χ2v) is 6.04. The molecule has 0 saturated carbocycles. The van der Waals surface area contributed by atoms with Crippen molar-refractivity contribution >= 4 is 17.5 Å². The number of aryl methyl sites for hydroxylation is 1. The zero-order valence-electron chi connectivity index (χ0n) is 14.3. The first-order valence-corrected chi connectivity index (χ1v) is 8.18. The molecule has 1 aliphatic rings. The first-order valence-electron chi connectivity index (χ1n) is 8.18. The third kappa shape index (κ3) is 2.71. The van der Waals surface area contributed by atoms with E-state index in [2.05, 4.69) is 31.1 Å². The van der Waals surface area contributed by atoms with Gasteiger partial charge in [0.1, 0.15) is 6.04 Å². The average molecular weight is 347 g/mol. The van der Waals surface area contributed by atoms with Gasteiger partial charge in [-0.2, -0.15) is 4.68 Å². The quantitative estimate of drug-likeness (QED) is 0.754. The van der Waals surface area contributed by atoms with Gasteiger partial charge in [-0.05, 0) is 48.0 Å². The summed E-state index contributed by atoms with van der Waals surface area (Å²) < 4.78 is 1.57. The first-order chi connectivity index (χ1) is 12.6. The topological polar surface area (TPSA) is 97.6 Å². The van der Waals surface area contributed by atoms with Crippen molar-refractivity contribution in [3.63, 3.8) is 0 Å². The molecule has 1 aromatic carbocycles. The van der Waals surface area contributed by atoms with E-state index >= 15 is 0 Å². The normalized spacial score (nSPS) is 16.0. The minimum absolute atomic E-state index is 0.221. The van der Waals surface area contributed by atoms with E-state index in [9.17, 15) is 4.79 Å². The number of allylic oxidation sites excluding steroid dienone is 1. The van der Waals surface area contributed by atoms with Crippen LogP contribution in [-0.4, -0.2) is 31.1 Å². The van der Waals surface area contributed by atoms with Crippen LogP contribution in [-0.2, 0) is 4.79 Å². The number of rotatable bonds is 3. The van der Waals surface area contributed by atoms with Crippen LogP contribution in [0, 0.1) is 6.92 Å². The Morgan fingerprint density at radius 1 is 1.15 bits per heavy atom. The molecule has 2 aromatic heterocycles. The van der Waals surface area contributed by atoms with E-state index in [0.717, 1.165) is 11.3 Å². The van der Waals surface area contributed by atoms with E-state index in [0.29, 0.717) is 22.9 Å². The molecular weight excluding hydrogens is 330 g/mol. The van der Waals surface area contributed by atoms with Crippen molar-refractivity contribution in [2.45, 2.75) is 19.9 Å². The summed E-state index contributed by atoms with van der Waals surface area (Å²) in [6.45, 7) is 3.78. The molecule has 0 aliphatic carbocycles. The summed E-state index contributed by atoms with van der Waals surface area (Å²) in [4.78, 5) is 17.5. The monoisotopic (exact) mass is 347 g/mol. The number of amides is 1. The number of pyridine rings is 1. The fraction of sp³-hybridized carbons (Fsp3) is 0.167. The van der Waals surface area contributed by atoms with Gasteiger partial charge in [-0.1, -0.05) is 29.4 Å². The van der Waals surface area contributed by atoms with Gasteiger partial charge >= 0.3 is 0 Å². The van der Waals surface area contributed by atoms with E-state index < -0.39 is 6.04 Å². The van der Waals surface area contributed by atoms with Gasteiger partial charge in [-0.3, -0.25) is 9.78 Å². The van der Waals surface area contributed by atoms with Crippen LogP contribution in [0.3, 0.4) is 0 Å². The number of hydrogen-bond acceptors (Lipinski definition) is 6. The third-order valence-corrected chi connectivity index (χ3v) is 4.32. The maximum absolute atomic E-state index is 13.1. The van der Waals surface area contributed by atoms with Gasteiger partial charge in [0.15, 0.2) is 0 Å². The number of hydrogen-bond donors (Lipinski definition) is 2. The molecule has 26 heavy (non-hydrogen) atoms. The number of para-hydroxylation sites is 1. The molecule has 3 heterocycles. The lowest BCUT2D eigenvalue weighted by Crippen LogP contribution is -2.32. The summed E-state index contributed by atoms with van der Waals surface area (Å²) in [6, 6.07) is 12.7. The summed E-state index contributed by atoms with van der Waals surface area (Å²) in [5, 5.41) is 17.8. The SMILES string of the molecule is CC1=C(C(=O)Nc2ccccc2C)[C@@H](c2ccccn2)n2nnnc2N1. The van der Waals surface area contributed by atoms with Crippen LogP contribution >= 0.6 is 0 Å². The smallest absolute Gasteiger partial charge is 0.255 e. The first kappa shape index (κ1) is 15.9. The Labute approximate surface area is 150 Å². The Kier molecular flexibility index (Phi) is 3.92. The maximum Gasteiger partial charge on any atom is 0.255 e.